The Kier molecular flexibility index (Phi) is 13.1. The third-order valence-corrected chi connectivity index (χ3v) is 9.78. The highest BCUT2D eigenvalue weighted by Gasteiger charge is 2.55. The van der Waals surface area contributed by atoms with Crippen molar-refractivity contribution in [2.75, 3.05) is 45.3 Å². The summed E-state index contributed by atoms with van der Waals surface area (Å²) < 4.78 is 17.0. The Bertz CT molecular complexity index is 1390. The maximum absolute atomic E-state index is 13.9. The lowest BCUT2D eigenvalue weighted by Gasteiger charge is -2.52. The Labute approximate surface area is 290 Å². The van der Waals surface area contributed by atoms with Crippen LogP contribution in [0.3, 0.4) is 0 Å². The molecule has 1 spiro atoms. The molecule has 2 aromatic rings. The van der Waals surface area contributed by atoms with Crippen molar-refractivity contribution in [2.24, 2.45) is 11.8 Å². The largest absolute Gasteiger partial charge is 0.493 e. The van der Waals surface area contributed by atoms with Gasteiger partial charge in [-0.15, -0.1) is 12.4 Å². The van der Waals surface area contributed by atoms with E-state index in [1.807, 2.05) is 38.1 Å². The molecule has 5 rings (SSSR count). The zero-order valence-electron chi connectivity index (χ0n) is 28.5. The van der Waals surface area contributed by atoms with Gasteiger partial charge in [-0.05, 0) is 67.9 Å². The van der Waals surface area contributed by atoms with Gasteiger partial charge in [0.25, 0.3) is 0 Å². The number of carbonyl (C=O) groups excluding carboxylic acids is 3. The molecule has 264 valence electrons. The monoisotopic (exact) mass is 686 g/mol. The van der Waals surface area contributed by atoms with E-state index in [1.165, 1.54) is 0 Å². The first-order chi connectivity index (χ1) is 22.6. The molecule has 2 atom stereocenters. The van der Waals surface area contributed by atoms with E-state index >= 15 is 0 Å². The highest BCUT2D eigenvalue weighted by molar-refractivity contribution is 6.00. The summed E-state index contributed by atoms with van der Waals surface area (Å²) in [7, 11) is 1.56. The summed E-state index contributed by atoms with van der Waals surface area (Å²) in [5, 5.41) is 17.0. The highest BCUT2D eigenvalue weighted by atomic mass is 35.5. The number of rotatable bonds is 12. The van der Waals surface area contributed by atoms with Crippen LogP contribution in [0.15, 0.2) is 42.5 Å². The van der Waals surface area contributed by atoms with Crippen LogP contribution in [-0.2, 0) is 25.7 Å². The zero-order chi connectivity index (χ0) is 33.6. The summed E-state index contributed by atoms with van der Waals surface area (Å²) in [6.07, 6.45) is 3.26. The summed E-state index contributed by atoms with van der Waals surface area (Å²) in [5.41, 5.74) is 0.861. The zero-order valence-corrected chi connectivity index (χ0v) is 29.4. The molecule has 3 amide bonds. The molecule has 0 saturated carbocycles. The molecule has 3 aliphatic heterocycles. The van der Waals surface area contributed by atoms with Gasteiger partial charge in [-0.2, -0.15) is 0 Å². The fourth-order valence-electron chi connectivity index (χ4n) is 6.78. The predicted molar refractivity (Wildman–Crippen MR) is 186 cm³/mol. The van der Waals surface area contributed by atoms with Crippen LogP contribution in [0.2, 0.25) is 0 Å². The number of aliphatic hydroxyl groups excluding tert-OH is 1. The van der Waals surface area contributed by atoms with Crippen LogP contribution in [0, 0.1) is 11.8 Å². The van der Waals surface area contributed by atoms with Crippen molar-refractivity contribution in [1.29, 1.82) is 0 Å². The van der Waals surface area contributed by atoms with Crippen LogP contribution >= 0.6 is 12.4 Å². The minimum Gasteiger partial charge on any atom is -0.493 e. The summed E-state index contributed by atoms with van der Waals surface area (Å²) >= 11 is 0. The molecule has 12 heteroatoms. The van der Waals surface area contributed by atoms with E-state index in [1.54, 1.807) is 30.2 Å². The van der Waals surface area contributed by atoms with Gasteiger partial charge >= 0.3 is 0 Å². The predicted octanol–water partition coefficient (Wildman–Crippen LogP) is 4.75. The lowest BCUT2D eigenvalue weighted by Crippen LogP contribution is -2.75. The number of aliphatic hydroxyl groups is 1. The standard InChI is InChI=1S/C36H50N4O7.ClH/c1-5-6-17-40-34(43)31(32(41)26-13-20-46-21-14-26)38-35(44)36(40)15-18-39(19-16-36)23-25-7-10-28(11-8-25)47-29-12-9-27(22-30(29)45-4)37-33(42)24(2)3;/h7-12,22,24,26,31-32,41H,5-6,13-21,23H2,1-4H3,(H,37,42)(H,38,44);1H/t31-,32?;/m1./s1. The number of carbonyl (C=O) groups is 3. The van der Waals surface area contributed by atoms with Gasteiger partial charge in [0.1, 0.15) is 17.3 Å². The Morgan fingerprint density at radius 1 is 1.08 bits per heavy atom. The molecular formula is C36H51ClN4O7. The van der Waals surface area contributed by atoms with Crippen molar-refractivity contribution in [3.63, 3.8) is 0 Å². The first kappa shape index (κ1) is 37.4. The normalized spacial score (nSPS) is 20.6. The number of piperidine rings is 1. The summed E-state index contributed by atoms with van der Waals surface area (Å²) in [6.45, 7) is 9.45. The van der Waals surface area contributed by atoms with Crippen molar-refractivity contribution >= 4 is 35.8 Å². The van der Waals surface area contributed by atoms with Crippen LogP contribution < -0.4 is 20.1 Å². The Balaban J connectivity index is 0.00000520. The minimum absolute atomic E-state index is 0. The lowest BCUT2D eigenvalue weighted by molar-refractivity contribution is -0.166. The first-order valence-electron chi connectivity index (χ1n) is 17.0. The third kappa shape index (κ3) is 8.42. The van der Waals surface area contributed by atoms with Gasteiger partial charge in [0, 0.05) is 57.1 Å². The van der Waals surface area contributed by atoms with Gasteiger partial charge in [0.05, 0.1) is 13.2 Å². The molecular weight excluding hydrogens is 636 g/mol. The molecule has 0 aliphatic carbocycles. The molecule has 2 aromatic carbocycles. The van der Waals surface area contributed by atoms with Gasteiger partial charge in [0.15, 0.2) is 11.5 Å². The van der Waals surface area contributed by atoms with Crippen LogP contribution in [0.25, 0.3) is 0 Å². The second-order valence-electron chi connectivity index (χ2n) is 13.3. The van der Waals surface area contributed by atoms with Crippen molar-refractivity contribution in [1.82, 2.24) is 15.1 Å². The number of unbranched alkanes of at least 4 members (excludes halogenated alkanes) is 1. The summed E-state index contributed by atoms with van der Waals surface area (Å²) in [5.74, 6) is 1.14. The summed E-state index contributed by atoms with van der Waals surface area (Å²) in [4.78, 5) is 43.8. The second-order valence-corrected chi connectivity index (χ2v) is 13.3. The summed E-state index contributed by atoms with van der Waals surface area (Å²) in [6, 6.07) is 12.3. The molecule has 0 bridgehead atoms. The number of methoxy groups -OCH3 is 1. The highest BCUT2D eigenvalue weighted by Crippen LogP contribution is 2.37. The average Bonchev–Trinajstić information content (AvgIpc) is 3.08. The van der Waals surface area contributed by atoms with Gasteiger partial charge in [0.2, 0.25) is 17.7 Å². The molecule has 3 saturated heterocycles. The van der Waals surface area contributed by atoms with Gasteiger partial charge in [-0.1, -0.05) is 39.3 Å². The quantitative estimate of drug-likeness (QED) is 0.292. The number of nitrogens with one attached hydrogen (secondary N) is 2. The Hall–Kier alpha value is -3.38. The molecule has 1 unspecified atom stereocenters. The first-order valence-corrected chi connectivity index (χ1v) is 17.0. The van der Waals surface area contributed by atoms with Crippen LogP contribution in [0.4, 0.5) is 5.69 Å². The van der Waals surface area contributed by atoms with Crippen molar-refractivity contribution in [3.05, 3.63) is 48.0 Å². The topological polar surface area (TPSA) is 130 Å². The third-order valence-electron chi connectivity index (χ3n) is 9.78. The van der Waals surface area contributed by atoms with Gasteiger partial charge < -0.3 is 34.9 Å². The van der Waals surface area contributed by atoms with E-state index in [0.717, 1.165) is 18.4 Å². The number of nitrogens with zero attached hydrogens (tertiary/aromatic N) is 2. The minimum atomic E-state index is -0.915. The van der Waals surface area contributed by atoms with E-state index in [0.29, 0.717) is 88.0 Å². The second kappa shape index (κ2) is 16.8. The van der Waals surface area contributed by atoms with Crippen molar-refractivity contribution in [2.45, 2.75) is 83.5 Å². The van der Waals surface area contributed by atoms with E-state index < -0.39 is 17.7 Å². The average molecular weight is 687 g/mol. The molecule has 3 N–H and O–H groups in total. The molecule has 0 radical (unpaired) electrons. The Morgan fingerprint density at radius 2 is 1.77 bits per heavy atom. The van der Waals surface area contributed by atoms with E-state index in [4.69, 9.17) is 14.2 Å². The number of likely N-dealkylation sites (tertiary alicyclic amines) is 1. The maximum Gasteiger partial charge on any atom is 0.248 e. The molecule has 11 nitrogen and oxygen atoms in total. The molecule has 3 fully saturated rings. The van der Waals surface area contributed by atoms with E-state index in [-0.39, 0.29) is 42.0 Å². The number of piperazine rings is 1. The molecule has 3 heterocycles. The number of ether oxygens (including phenoxy) is 3. The smallest absolute Gasteiger partial charge is 0.248 e. The van der Waals surface area contributed by atoms with Crippen molar-refractivity contribution < 1.29 is 33.7 Å². The van der Waals surface area contributed by atoms with Crippen LogP contribution in [0.1, 0.15) is 64.9 Å². The van der Waals surface area contributed by atoms with Crippen molar-refractivity contribution in [3.8, 4) is 17.2 Å². The van der Waals surface area contributed by atoms with E-state index in [9.17, 15) is 19.5 Å². The van der Waals surface area contributed by atoms with E-state index in [2.05, 4.69) is 22.5 Å². The number of anilines is 1. The number of hydrogen-bond donors (Lipinski definition) is 3. The molecule has 3 aliphatic rings. The number of halogens is 1. The van der Waals surface area contributed by atoms with Gasteiger partial charge in [-0.25, -0.2) is 0 Å². The molecule has 0 aromatic heterocycles. The fraction of sp³-hybridized carbons (Fsp3) is 0.583. The van der Waals surface area contributed by atoms with Crippen LogP contribution in [0.5, 0.6) is 17.2 Å². The maximum atomic E-state index is 13.9. The number of benzene rings is 2. The number of amides is 3. The van der Waals surface area contributed by atoms with Crippen LogP contribution in [-0.4, -0.2) is 90.3 Å². The Morgan fingerprint density at radius 3 is 2.40 bits per heavy atom. The molecule has 48 heavy (non-hydrogen) atoms. The number of hydrogen-bond acceptors (Lipinski definition) is 8. The fourth-order valence-corrected chi connectivity index (χ4v) is 6.78. The lowest BCUT2D eigenvalue weighted by atomic mass is 9.79. The van der Waals surface area contributed by atoms with Gasteiger partial charge in [-0.3, -0.25) is 19.3 Å². The SMILES string of the molecule is CCCCN1C(=O)[C@@H](C(O)C2CCOCC2)NC(=O)C12CCN(Cc1ccc(Oc3ccc(NC(=O)C(C)C)cc3OC)cc1)CC2.Cl.